The van der Waals surface area contributed by atoms with Gasteiger partial charge in [-0.3, -0.25) is 14.9 Å². The van der Waals surface area contributed by atoms with Crippen molar-refractivity contribution in [2.75, 3.05) is 6.61 Å². The number of rotatable bonds is 3. The van der Waals surface area contributed by atoms with Crippen molar-refractivity contribution in [3.63, 3.8) is 0 Å². The monoisotopic (exact) mass is 270 g/mol. The van der Waals surface area contributed by atoms with E-state index in [0.29, 0.717) is 5.92 Å². The topological polar surface area (TPSA) is 79.8 Å². The van der Waals surface area contributed by atoms with Crippen LogP contribution in [0.5, 0.6) is 0 Å². The van der Waals surface area contributed by atoms with E-state index in [4.69, 9.17) is 14.7 Å². The number of aliphatic carboxylic acids is 1. The van der Waals surface area contributed by atoms with Crippen LogP contribution < -0.4 is 10.8 Å². The summed E-state index contributed by atoms with van der Waals surface area (Å²) in [7, 11) is 0. The van der Waals surface area contributed by atoms with Crippen LogP contribution in [0.1, 0.15) is 38.5 Å². The minimum atomic E-state index is -0.667. The first-order chi connectivity index (χ1) is 9.24. The summed E-state index contributed by atoms with van der Waals surface area (Å²) in [5.74, 6) is -0.551. The quantitative estimate of drug-likeness (QED) is 0.705. The number of hydrogen-bond donors (Lipinski definition) is 3. The van der Waals surface area contributed by atoms with Gasteiger partial charge >= 0.3 is 5.97 Å². The van der Waals surface area contributed by atoms with E-state index < -0.39 is 5.97 Å². The Bertz CT molecular complexity index is 333. The molecule has 2 saturated heterocycles. The summed E-state index contributed by atoms with van der Waals surface area (Å²) in [5.41, 5.74) is 3.03. The Kier molecular flexibility index (Phi) is 4.02. The number of nitrogens with one attached hydrogen (secondary N) is 2. The lowest BCUT2D eigenvalue weighted by Gasteiger charge is -2.30. The fraction of sp³-hybridized carbons (Fsp3) is 0.923. The van der Waals surface area contributed by atoms with Gasteiger partial charge in [0.15, 0.2) is 6.23 Å². The van der Waals surface area contributed by atoms with Gasteiger partial charge in [0, 0.05) is 6.61 Å². The highest BCUT2D eigenvalue weighted by Gasteiger charge is 2.39. The molecule has 3 aliphatic rings. The minimum absolute atomic E-state index is 0.0522. The lowest BCUT2D eigenvalue weighted by atomic mass is 9.80. The summed E-state index contributed by atoms with van der Waals surface area (Å²) < 4.78 is 5.61. The normalized spacial score (nSPS) is 43.5. The van der Waals surface area contributed by atoms with E-state index >= 15 is 0 Å². The largest absolute Gasteiger partial charge is 0.481 e. The molecule has 0 aromatic rings. The fourth-order valence-electron chi connectivity index (χ4n) is 3.40. The van der Waals surface area contributed by atoms with Crippen LogP contribution in [0.4, 0.5) is 0 Å². The molecular formula is C13H22N2O4. The van der Waals surface area contributed by atoms with Crippen molar-refractivity contribution >= 4 is 5.97 Å². The van der Waals surface area contributed by atoms with Crippen molar-refractivity contribution in [3.05, 3.63) is 0 Å². The van der Waals surface area contributed by atoms with Crippen LogP contribution in [-0.4, -0.2) is 36.2 Å². The van der Waals surface area contributed by atoms with Crippen LogP contribution in [0.2, 0.25) is 0 Å². The van der Waals surface area contributed by atoms with Crippen molar-refractivity contribution in [1.29, 1.82) is 0 Å². The number of carbonyl (C=O) groups is 1. The average molecular weight is 270 g/mol. The number of hydroxylamine groups is 1. The van der Waals surface area contributed by atoms with Gasteiger partial charge in [-0.25, -0.2) is 0 Å². The Labute approximate surface area is 112 Å². The van der Waals surface area contributed by atoms with Crippen molar-refractivity contribution < 1.29 is 19.5 Å². The highest BCUT2D eigenvalue weighted by Crippen LogP contribution is 2.32. The van der Waals surface area contributed by atoms with Crippen molar-refractivity contribution in [1.82, 2.24) is 10.8 Å². The Hall–Kier alpha value is -0.690. The van der Waals surface area contributed by atoms with Gasteiger partial charge in [-0.05, 0) is 38.0 Å². The Morgan fingerprint density at radius 3 is 2.84 bits per heavy atom. The van der Waals surface area contributed by atoms with Gasteiger partial charge in [0.25, 0.3) is 0 Å². The predicted molar refractivity (Wildman–Crippen MR) is 67.0 cm³/mol. The Morgan fingerprint density at radius 2 is 2.11 bits per heavy atom. The molecule has 0 radical (unpaired) electrons. The maximum absolute atomic E-state index is 11.1. The van der Waals surface area contributed by atoms with Gasteiger partial charge in [0.2, 0.25) is 0 Å². The first-order valence-electron chi connectivity index (χ1n) is 7.25. The van der Waals surface area contributed by atoms with Gasteiger partial charge in [-0.1, -0.05) is 6.42 Å². The maximum atomic E-state index is 11.1. The average Bonchev–Trinajstić information content (AvgIpc) is 3.09. The Morgan fingerprint density at radius 1 is 1.21 bits per heavy atom. The van der Waals surface area contributed by atoms with Crippen molar-refractivity contribution in [3.8, 4) is 0 Å². The van der Waals surface area contributed by atoms with Crippen LogP contribution in [-0.2, 0) is 14.4 Å². The van der Waals surface area contributed by atoms with Gasteiger partial charge < -0.3 is 9.84 Å². The molecule has 3 N–H and O–H groups in total. The molecule has 0 spiro atoms. The van der Waals surface area contributed by atoms with E-state index in [0.717, 1.165) is 45.1 Å². The van der Waals surface area contributed by atoms with E-state index in [9.17, 15) is 4.79 Å². The van der Waals surface area contributed by atoms with E-state index in [1.165, 1.54) is 0 Å². The first kappa shape index (κ1) is 13.3. The number of carboxylic acid groups (broad SMARTS) is 1. The zero-order valence-corrected chi connectivity index (χ0v) is 11.0. The molecule has 19 heavy (non-hydrogen) atoms. The van der Waals surface area contributed by atoms with Crippen molar-refractivity contribution in [2.24, 2.45) is 11.8 Å². The van der Waals surface area contributed by atoms with Gasteiger partial charge in [-0.15, -0.1) is 0 Å². The van der Waals surface area contributed by atoms with Crippen LogP contribution in [0.25, 0.3) is 0 Å². The second-order valence-corrected chi connectivity index (χ2v) is 5.81. The van der Waals surface area contributed by atoms with E-state index in [2.05, 4.69) is 10.8 Å². The fourth-order valence-corrected chi connectivity index (χ4v) is 3.40. The van der Waals surface area contributed by atoms with Crippen LogP contribution in [0.3, 0.4) is 0 Å². The molecule has 2 heterocycles. The molecule has 1 aliphatic carbocycles. The molecule has 6 heteroatoms. The van der Waals surface area contributed by atoms with Gasteiger partial charge in [0.05, 0.1) is 18.2 Å². The lowest BCUT2D eigenvalue weighted by molar-refractivity contribution is -0.143. The molecule has 5 unspecified atom stereocenters. The highest BCUT2D eigenvalue weighted by atomic mass is 16.7. The minimum Gasteiger partial charge on any atom is -0.481 e. The summed E-state index contributed by atoms with van der Waals surface area (Å²) in [6.45, 7) is 0.807. The maximum Gasteiger partial charge on any atom is 0.306 e. The lowest BCUT2D eigenvalue weighted by Crippen LogP contribution is -2.45. The van der Waals surface area contributed by atoms with E-state index in [1.54, 1.807) is 0 Å². The summed E-state index contributed by atoms with van der Waals surface area (Å²) in [5, 5.41) is 12.5. The SMILES string of the molecule is O=C(O)C1CCCC(C2NOC(C3CCCO3)N2)C1. The van der Waals surface area contributed by atoms with Crippen molar-refractivity contribution in [2.45, 2.75) is 57.0 Å². The van der Waals surface area contributed by atoms with E-state index in [1.807, 2.05) is 0 Å². The molecule has 1 saturated carbocycles. The molecule has 0 amide bonds. The summed E-state index contributed by atoms with van der Waals surface area (Å²) >= 11 is 0. The van der Waals surface area contributed by atoms with Crippen LogP contribution in [0, 0.1) is 11.8 Å². The smallest absolute Gasteiger partial charge is 0.306 e. The summed E-state index contributed by atoms with van der Waals surface area (Å²) in [6.07, 6.45) is 5.74. The first-order valence-corrected chi connectivity index (χ1v) is 7.25. The Balaban J connectivity index is 1.53. The van der Waals surface area contributed by atoms with Gasteiger partial charge in [0.1, 0.15) is 0 Å². The summed E-state index contributed by atoms with van der Waals surface area (Å²) in [6, 6.07) is 0. The third-order valence-electron chi connectivity index (χ3n) is 4.50. The zero-order valence-electron chi connectivity index (χ0n) is 11.0. The zero-order chi connectivity index (χ0) is 13.2. The molecular weight excluding hydrogens is 248 g/mol. The summed E-state index contributed by atoms with van der Waals surface area (Å²) in [4.78, 5) is 16.7. The standard InChI is InChI=1S/C13H22N2O4/c16-13(17)9-4-1-3-8(7-9)11-14-12(19-15-11)10-5-2-6-18-10/h8-12,14-15H,1-7H2,(H,16,17). The third kappa shape index (κ3) is 2.91. The number of hydrogen-bond acceptors (Lipinski definition) is 5. The van der Waals surface area contributed by atoms with Gasteiger partial charge in [-0.2, -0.15) is 5.48 Å². The predicted octanol–water partition coefficient (Wildman–Crippen LogP) is 0.833. The second-order valence-electron chi connectivity index (χ2n) is 5.81. The van der Waals surface area contributed by atoms with Crippen LogP contribution >= 0.6 is 0 Å². The molecule has 108 valence electrons. The molecule has 3 rings (SSSR count). The molecule has 0 bridgehead atoms. The molecule has 0 aromatic heterocycles. The highest BCUT2D eigenvalue weighted by molar-refractivity contribution is 5.70. The molecule has 0 aromatic carbocycles. The molecule has 6 nitrogen and oxygen atoms in total. The van der Waals surface area contributed by atoms with Crippen LogP contribution in [0.15, 0.2) is 0 Å². The third-order valence-corrected chi connectivity index (χ3v) is 4.50. The second kappa shape index (κ2) is 5.75. The molecule has 2 aliphatic heterocycles. The number of ether oxygens (including phenoxy) is 1. The van der Waals surface area contributed by atoms with E-state index in [-0.39, 0.29) is 24.4 Å². The molecule has 3 fully saturated rings. The molecule has 5 atom stereocenters. The number of carboxylic acids is 1.